The molecule has 0 spiro atoms. The van der Waals surface area contributed by atoms with E-state index in [9.17, 15) is 9.90 Å². The summed E-state index contributed by atoms with van der Waals surface area (Å²) in [6.07, 6.45) is 7.14. The molecular formula is C16H28N2O3. The summed E-state index contributed by atoms with van der Waals surface area (Å²) in [5.74, 6) is -0.0498. The third-order valence-electron chi connectivity index (χ3n) is 5.38. The van der Waals surface area contributed by atoms with Crippen molar-refractivity contribution in [3.05, 3.63) is 0 Å². The van der Waals surface area contributed by atoms with E-state index in [-0.39, 0.29) is 0 Å². The first-order valence-corrected chi connectivity index (χ1v) is 8.38. The Bertz CT molecular complexity index is 380. The van der Waals surface area contributed by atoms with Crippen molar-refractivity contribution >= 4 is 5.97 Å². The third kappa shape index (κ3) is 3.58. The minimum atomic E-state index is -0.677. The van der Waals surface area contributed by atoms with E-state index in [0.29, 0.717) is 18.0 Å². The van der Waals surface area contributed by atoms with Crippen molar-refractivity contribution in [3.63, 3.8) is 0 Å². The quantitative estimate of drug-likeness (QED) is 0.777. The zero-order valence-corrected chi connectivity index (χ0v) is 13.0. The van der Waals surface area contributed by atoms with Crippen LogP contribution in [-0.2, 0) is 9.53 Å². The van der Waals surface area contributed by atoms with Gasteiger partial charge in [-0.05, 0) is 57.9 Å². The third-order valence-corrected chi connectivity index (χ3v) is 5.38. The molecule has 3 atom stereocenters. The van der Waals surface area contributed by atoms with Gasteiger partial charge in [-0.2, -0.15) is 0 Å². The van der Waals surface area contributed by atoms with Crippen LogP contribution in [0.25, 0.3) is 0 Å². The molecule has 0 aromatic carbocycles. The predicted molar refractivity (Wildman–Crippen MR) is 80.3 cm³/mol. The molecule has 0 aromatic rings. The Morgan fingerprint density at radius 3 is 2.81 bits per heavy atom. The van der Waals surface area contributed by atoms with E-state index in [4.69, 9.17) is 4.74 Å². The van der Waals surface area contributed by atoms with E-state index < -0.39 is 11.5 Å². The van der Waals surface area contributed by atoms with Gasteiger partial charge in [0.15, 0.2) is 0 Å². The highest BCUT2D eigenvalue weighted by Crippen LogP contribution is 2.36. The van der Waals surface area contributed by atoms with Gasteiger partial charge in [-0.3, -0.25) is 10.1 Å². The Labute approximate surface area is 127 Å². The van der Waals surface area contributed by atoms with Gasteiger partial charge < -0.3 is 14.7 Å². The van der Waals surface area contributed by atoms with Gasteiger partial charge in [0.2, 0.25) is 0 Å². The van der Waals surface area contributed by atoms with Crippen LogP contribution in [0, 0.1) is 5.92 Å². The van der Waals surface area contributed by atoms with Crippen LogP contribution in [-0.4, -0.2) is 60.4 Å². The lowest BCUT2D eigenvalue weighted by molar-refractivity contribution is -0.145. The Morgan fingerprint density at radius 2 is 2.19 bits per heavy atom. The second-order valence-electron chi connectivity index (χ2n) is 7.23. The molecule has 5 heteroatoms. The number of aliphatic carboxylic acids is 1. The van der Waals surface area contributed by atoms with Crippen LogP contribution in [0.1, 0.15) is 44.9 Å². The van der Waals surface area contributed by atoms with E-state index in [1.54, 1.807) is 0 Å². The zero-order chi connectivity index (χ0) is 14.9. The highest BCUT2D eigenvalue weighted by atomic mass is 16.5. The van der Waals surface area contributed by atoms with E-state index in [2.05, 4.69) is 17.3 Å². The number of rotatable bonds is 6. The number of carboxylic acids is 1. The standard InChI is InChI=1S/C16H28N2O3/c1-18(10-12-3-2-8-21-11-12)14-6-7-16(9-14,15(19)20)17-13-4-5-13/h12-14,17H,2-11H2,1H3,(H,19,20). The number of nitrogens with zero attached hydrogens (tertiary/aromatic N) is 1. The molecular weight excluding hydrogens is 268 g/mol. The lowest BCUT2D eigenvalue weighted by atomic mass is 9.96. The smallest absolute Gasteiger partial charge is 0.323 e. The molecule has 1 aliphatic heterocycles. The van der Waals surface area contributed by atoms with Crippen LogP contribution in [0.4, 0.5) is 0 Å². The number of carboxylic acid groups (broad SMARTS) is 1. The summed E-state index contributed by atoms with van der Waals surface area (Å²) >= 11 is 0. The van der Waals surface area contributed by atoms with Gasteiger partial charge in [0.1, 0.15) is 5.54 Å². The van der Waals surface area contributed by atoms with Crippen LogP contribution < -0.4 is 5.32 Å². The molecule has 3 rings (SSSR count). The minimum absolute atomic E-state index is 0.384. The van der Waals surface area contributed by atoms with Crippen molar-refractivity contribution in [3.8, 4) is 0 Å². The predicted octanol–water partition coefficient (Wildman–Crippen LogP) is 1.47. The molecule has 5 nitrogen and oxygen atoms in total. The van der Waals surface area contributed by atoms with Gasteiger partial charge in [0.05, 0.1) is 6.61 Å². The molecule has 0 radical (unpaired) electrons. The highest BCUT2D eigenvalue weighted by Gasteiger charge is 2.49. The lowest BCUT2D eigenvalue weighted by Gasteiger charge is -2.32. The van der Waals surface area contributed by atoms with E-state index >= 15 is 0 Å². The fourth-order valence-corrected chi connectivity index (χ4v) is 3.91. The molecule has 2 aliphatic carbocycles. The molecule has 0 aromatic heterocycles. The molecule has 0 bridgehead atoms. The summed E-state index contributed by atoms with van der Waals surface area (Å²) in [4.78, 5) is 14.1. The first kappa shape index (κ1) is 15.3. The number of hydrogen-bond donors (Lipinski definition) is 2. The topological polar surface area (TPSA) is 61.8 Å². The van der Waals surface area contributed by atoms with Gasteiger partial charge in [-0.1, -0.05) is 0 Å². The van der Waals surface area contributed by atoms with Crippen molar-refractivity contribution in [2.45, 2.75) is 62.6 Å². The second-order valence-corrected chi connectivity index (χ2v) is 7.23. The first-order chi connectivity index (χ1) is 10.1. The molecule has 21 heavy (non-hydrogen) atoms. The van der Waals surface area contributed by atoms with Gasteiger partial charge in [-0.15, -0.1) is 0 Å². The number of hydrogen-bond acceptors (Lipinski definition) is 4. The maximum atomic E-state index is 11.7. The van der Waals surface area contributed by atoms with Crippen LogP contribution in [0.2, 0.25) is 0 Å². The first-order valence-electron chi connectivity index (χ1n) is 8.38. The minimum Gasteiger partial charge on any atom is -0.480 e. The Morgan fingerprint density at radius 1 is 1.38 bits per heavy atom. The van der Waals surface area contributed by atoms with Crippen molar-refractivity contribution in [1.29, 1.82) is 0 Å². The molecule has 2 N–H and O–H groups in total. The highest BCUT2D eigenvalue weighted by molar-refractivity contribution is 5.79. The second kappa shape index (κ2) is 6.23. The van der Waals surface area contributed by atoms with Gasteiger partial charge in [0.25, 0.3) is 0 Å². The molecule has 1 heterocycles. The summed E-state index contributed by atoms with van der Waals surface area (Å²) in [5.41, 5.74) is -0.677. The van der Waals surface area contributed by atoms with Crippen molar-refractivity contribution in [2.75, 3.05) is 26.8 Å². The molecule has 120 valence electrons. The van der Waals surface area contributed by atoms with Gasteiger partial charge in [-0.25, -0.2) is 0 Å². The van der Waals surface area contributed by atoms with Crippen LogP contribution >= 0.6 is 0 Å². The molecule has 3 aliphatic rings. The zero-order valence-electron chi connectivity index (χ0n) is 13.0. The summed E-state index contributed by atoms with van der Waals surface area (Å²) in [6.45, 7) is 2.79. The average molecular weight is 296 g/mol. The number of ether oxygens (including phenoxy) is 1. The van der Waals surface area contributed by atoms with Crippen LogP contribution in [0.5, 0.6) is 0 Å². The SMILES string of the molecule is CN(CC1CCCOC1)C1CCC(NC2CC2)(C(=O)O)C1. The molecule has 2 saturated carbocycles. The number of nitrogens with one attached hydrogen (secondary N) is 1. The Kier molecular flexibility index (Phi) is 4.52. The van der Waals surface area contributed by atoms with Crippen molar-refractivity contribution in [1.82, 2.24) is 10.2 Å². The van der Waals surface area contributed by atoms with Gasteiger partial charge in [0, 0.05) is 25.2 Å². The summed E-state index contributed by atoms with van der Waals surface area (Å²) in [5, 5.41) is 13.1. The summed E-state index contributed by atoms with van der Waals surface area (Å²) < 4.78 is 5.55. The van der Waals surface area contributed by atoms with E-state index in [1.165, 1.54) is 6.42 Å². The largest absolute Gasteiger partial charge is 0.480 e. The molecule has 3 fully saturated rings. The molecule has 0 amide bonds. The monoisotopic (exact) mass is 296 g/mol. The van der Waals surface area contributed by atoms with Crippen molar-refractivity contribution < 1.29 is 14.6 Å². The Hall–Kier alpha value is -0.650. The normalized spacial score (nSPS) is 37.0. The van der Waals surface area contributed by atoms with Gasteiger partial charge >= 0.3 is 5.97 Å². The lowest BCUT2D eigenvalue weighted by Crippen LogP contribution is -2.52. The molecule has 3 unspecified atom stereocenters. The molecule has 1 saturated heterocycles. The summed E-state index contributed by atoms with van der Waals surface area (Å²) in [7, 11) is 2.15. The van der Waals surface area contributed by atoms with Crippen molar-refractivity contribution in [2.24, 2.45) is 5.92 Å². The maximum absolute atomic E-state index is 11.7. The summed E-state index contributed by atoms with van der Waals surface area (Å²) in [6, 6.07) is 0.825. The fourth-order valence-electron chi connectivity index (χ4n) is 3.91. The van der Waals surface area contributed by atoms with E-state index in [0.717, 1.165) is 58.3 Å². The number of carbonyl (C=O) groups is 1. The fraction of sp³-hybridized carbons (Fsp3) is 0.938. The maximum Gasteiger partial charge on any atom is 0.323 e. The van der Waals surface area contributed by atoms with Crippen LogP contribution in [0.15, 0.2) is 0 Å². The Balaban J connectivity index is 1.55. The average Bonchev–Trinajstić information content (AvgIpc) is 3.16. The van der Waals surface area contributed by atoms with Crippen LogP contribution in [0.3, 0.4) is 0 Å². The van der Waals surface area contributed by atoms with E-state index in [1.807, 2.05) is 0 Å².